The van der Waals surface area contributed by atoms with Gasteiger partial charge in [-0.25, -0.2) is 4.98 Å². The average Bonchev–Trinajstić information content (AvgIpc) is 2.57. The van der Waals surface area contributed by atoms with Crippen molar-refractivity contribution in [3.63, 3.8) is 0 Å². The summed E-state index contributed by atoms with van der Waals surface area (Å²) in [7, 11) is 0. The van der Waals surface area contributed by atoms with Gasteiger partial charge >= 0.3 is 6.18 Å². The van der Waals surface area contributed by atoms with E-state index in [1.54, 1.807) is 0 Å². The summed E-state index contributed by atoms with van der Waals surface area (Å²) in [4.78, 5) is 29.2. The summed E-state index contributed by atoms with van der Waals surface area (Å²) in [6.45, 7) is 0. The lowest BCUT2D eigenvalue weighted by Crippen LogP contribution is -2.19. The molecule has 1 heterocycles. The van der Waals surface area contributed by atoms with Crippen LogP contribution in [0, 0.1) is 0 Å². The van der Waals surface area contributed by atoms with Crippen LogP contribution in [0.5, 0.6) is 0 Å². The largest absolute Gasteiger partial charge is 0.511 e. The van der Waals surface area contributed by atoms with E-state index < -0.39 is 28.4 Å². The van der Waals surface area contributed by atoms with Crippen LogP contribution >= 0.6 is 11.8 Å². The number of aliphatic hydroxyl groups excluding tert-OH is 1. The van der Waals surface area contributed by atoms with E-state index in [0.29, 0.717) is 17.8 Å². The van der Waals surface area contributed by atoms with E-state index in [0.717, 1.165) is 5.56 Å². The van der Waals surface area contributed by atoms with Crippen molar-refractivity contribution in [2.45, 2.75) is 30.1 Å². The maximum atomic E-state index is 12.8. The van der Waals surface area contributed by atoms with Gasteiger partial charge in [-0.2, -0.15) is 13.2 Å². The molecule has 3 rings (SSSR count). The number of carbonyl (C=O) groups excluding carboxylic acids is 1. The van der Waals surface area contributed by atoms with E-state index >= 15 is 0 Å². The molecule has 0 amide bonds. The van der Waals surface area contributed by atoms with Gasteiger partial charge < -0.3 is 10.1 Å². The van der Waals surface area contributed by atoms with Gasteiger partial charge in [0.25, 0.3) is 5.56 Å². The fourth-order valence-corrected chi connectivity index (χ4v) is 3.57. The monoisotopic (exact) mass is 382 g/mol. The minimum atomic E-state index is -4.78. The van der Waals surface area contributed by atoms with E-state index in [1.165, 1.54) is 0 Å². The molecule has 1 aromatic heterocycles. The molecule has 136 valence electrons. The Balaban J connectivity index is 1.87. The number of nitrogens with one attached hydrogen (secondary N) is 1. The van der Waals surface area contributed by atoms with E-state index in [1.807, 2.05) is 30.3 Å². The molecule has 2 N–H and O–H groups in total. The summed E-state index contributed by atoms with van der Waals surface area (Å²) in [6, 6.07) is 9.50. The summed E-state index contributed by atoms with van der Waals surface area (Å²) in [5.41, 5.74) is -1.45. The van der Waals surface area contributed by atoms with Gasteiger partial charge in [0.15, 0.2) is 16.6 Å². The number of rotatable bonds is 3. The molecule has 0 saturated heterocycles. The van der Waals surface area contributed by atoms with Crippen LogP contribution in [-0.2, 0) is 11.0 Å². The molecule has 0 bridgehead atoms. The van der Waals surface area contributed by atoms with E-state index in [9.17, 15) is 27.9 Å². The van der Waals surface area contributed by atoms with E-state index in [4.69, 9.17) is 0 Å². The van der Waals surface area contributed by atoms with Crippen LogP contribution in [0.4, 0.5) is 13.2 Å². The maximum Gasteiger partial charge on any atom is 0.433 e. The summed E-state index contributed by atoms with van der Waals surface area (Å²) in [5, 5.41) is 9.84. The van der Waals surface area contributed by atoms with Crippen LogP contribution in [0.1, 0.15) is 30.0 Å². The Labute approximate surface area is 150 Å². The first-order valence-corrected chi connectivity index (χ1v) is 8.42. The normalized spacial score (nSPS) is 18.3. The number of hydrogen-bond donors (Lipinski definition) is 2. The Morgan fingerprint density at radius 1 is 1.15 bits per heavy atom. The number of H-pyrrole nitrogens is 1. The summed E-state index contributed by atoms with van der Waals surface area (Å²) < 4.78 is 38.3. The highest BCUT2D eigenvalue weighted by molar-refractivity contribution is 8.03. The Morgan fingerprint density at radius 3 is 2.46 bits per heavy atom. The Kier molecular flexibility index (Phi) is 4.90. The van der Waals surface area contributed by atoms with Crippen molar-refractivity contribution >= 4 is 17.5 Å². The Morgan fingerprint density at radius 2 is 1.85 bits per heavy atom. The first kappa shape index (κ1) is 18.2. The minimum absolute atomic E-state index is 0.0975. The number of Topliss-reactive ketones (excluding diaryl/α,β-unsaturated/α-hetero) is 1. The molecular weight excluding hydrogens is 369 g/mol. The Bertz CT molecular complexity index is 923. The molecule has 1 atom stereocenters. The van der Waals surface area contributed by atoms with Crippen LogP contribution in [0.25, 0.3) is 0 Å². The average molecular weight is 382 g/mol. The number of ketones is 1. The van der Waals surface area contributed by atoms with Crippen LogP contribution in [0.15, 0.2) is 57.0 Å². The number of carbonyl (C=O) groups is 1. The number of aliphatic hydroxyl groups is 1. The molecule has 2 aromatic rings. The highest BCUT2D eigenvalue weighted by atomic mass is 32.2. The first-order chi connectivity index (χ1) is 12.2. The second kappa shape index (κ2) is 6.99. The maximum absolute atomic E-state index is 12.8. The summed E-state index contributed by atoms with van der Waals surface area (Å²) in [6.07, 6.45) is -4.49. The third-order valence-corrected chi connectivity index (χ3v) is 4.92. The van der Waals surface area contributed by atoms with Gasteiger partial charge in [0.05, 0.1) is 4.91 Å². The standard InChI is InChI=1S/C17H13F3N2O3S/c18-17(19,20)13-8-14(25)22-16(21-13)26-15-11(23)6-10(7-12(15)24)9-4-2-1-3-5-9/h1-5,8,10,23H,6-7H2,(H,21,22,25). The van der Waals surface area contributed by atoms with Crippen LogP contribution in [0.3, 0.4) is 0 Å². The molecule has 0 radical (unpaired) electrons. The number of alkyl halides is 3. The van der Waals surface area contributed by atoms with Crippen molar-refractivity contribution in [3.05, 3.63) is 68.7 Å². The Hall–Kier alpha value is -2.55. The molecule has 1 aliphatic rings. The van der Waals surface area contributed by atoms with Crippen molar-refractivity contribution in [2.75, 3.05) is 0 Å². The van der Waals surface area contributed by atoms with Crippen LogP contribution in [0.2, 0.25) is 0 Å². The fourth-order valence-electron chi connectivity index (χ4n) is 2.68. The number of aromatic nitrogens is 2. The second-order valence-corrected chi connectivity index (χ2v) is 6.75. The molecule has 5 nitrogen and oxygen atoms in total. The molecule has 1 aliphatic carbocycles. The third-order valence-electron chi connectivity index (χ3n) is 3.87. The number of aromatic amines is 1. The quantitative estimate of drug-likeness (QED) is 0.789. The minimum Gasteiger partial charge on any atom is -0.511 e. The van der Waals surface area contributed by atoms with Gasteiger partial charge in [-0.15, -0.1) is 0 Å². The number of thioether (sulfide) groups is 1. The number of halogens is 3. The molecule has 0 spiro atoms. The predicted molar refractivity (Wildman–Crippen MR) is 88.8 cm³/mol. The van der Waals surface area contributed by atoms with Gasteiger partial charge in [-0.05, 0) is 23.2 Å². The zero-order valence-electron chi connectivity index (χ0n) is 13.2. The zero-order chi connectivity index (χ0) is 18.9. The highest BCUT2D eigenvalue weighted by Gasteiger charge is 2.34. The number of allylic oxidation sites excluding steroid dienone is 2. The summed E-state index contributed by atoms with van der Waals surface area (Å²) in [5.74, 6) is -0.839. The summed E-state index contributed by atoms with van der Waals surface area (Å²) >= 11 is 0.536. The second-order valence-electron chi connectivity index (χ2n) is 5.75. The van der Waals surface area contributed by atoms with Gasteiger partial charge in [0, 0.05) is 18.9 Å². The van der Waals surface area contributed by atoms with Gasteiger partial charge in [0.1, 0.15) is 5.76 Å². The van der Waals surface area contributed by atoms with Crippen LogP contribution in [-0.4, -0.2) is 20.9 Å². The van der Waals surface area contributed by atoms with Crippen molar-refractivity contribution in [1.82, 2.24) is 9.97 Å². The fraction of sp³-hybridized carbons (Fsp3) is 0.235. The van der Waals surface area contributed by atoms with Crippen molar-refractivity contribution in [1.29, 1.82) is 0 Å². The van der Waals surface area contributed by atoms with Crippen molar-refractivity contribution in [3.8, 4) is 0 Å². The SMILES string of the molecule is O=C1CC(c2ccccc2)CC(O)=C1Sc1nc(C(F)(F)F)cc(=O)[nH]1. The zero-order valence-corrected chi connectivity index (χ0v) is 14.0. The predicted octanol–water partition coefficient (Wildman–Crippen LogP) is 3.80. The lowest BCUT2D eigenvalue weighted by molar-refractivity contribution is -0.141. The molecule has 0 fully saturated rings. The number of benzene rings is 1. The molecule has 26 heavy (non-hydrogen) atoms. The molecule has 1 aromatic carbocycles. The molecule has 9 heteroatoms. The smallest absolute Gasteiger partial charge is 0.433 e. The molecular formula is C17H13F3N2O3S. The van der Waals surface area contributed by atoms with Crippen LogP contribution < -0.4 is 5.56 Å². The van der Waals surface area contributed by atoms with E-state index in [2.05, 4.69) is 9.97 Å². The molecule has 1 unspecified atom stereocenters. The molecule has 0 aliphatic heterocycles. The third kappa shape index (κ3) is 3.98. The lowest BCUT2D eigenvalue weighted by atomic mass is 9.86. The van der Waals surface area contributed by atoms with Crippen molar-refractivity contribution in [2.24, 2.45) is 0 Å². The molecule has 0 saturated carbocycles. The van der Waals surface area contributed by atoms with E-state index in [-0.39, 0.29) is 29.4 Å². The van der Waals surface area contributed by atoms with Gasteiger partial charge in [-0.3, -0.25) is 9.59 Å². The topological polar surface area (TPSA) is 83.0 Å². The first-order valence-electron chi connectivity index (χ1n) is 7.60. The van der Waals surface area contributed by atoms with Gasteiger partial charge in [-0.1, -0.05) is 30.3 Å². The number of hydrogen-bond acceptors (Lipinski definition) is 5. The number of nitrogens with zero attached hydrogens (tertiary/aromatic N) is 1. The van der Waals surface area contributed by atoms with Crippen molar-refractivity contribution < 1.29 is 23.1 Å². The van der Waals surface area contributed by atoms with Gasteiger partial charge in [0.2, 0.25) is 0 Å². The lowest BCUT2D eigenvalue weighted by Gasteiger charge is -2.23. The highest BCUT2D eigenvalue weighted by Crippen LogP contribution is 2.39.